The van der Waals surface area contributed by atoms with E-state index in [0.29, 0.717) is 66.8 Å². The van der Waals surface area contributed by atoms with Crippen LogP contribution in [0.15, 0.2) is 473 Å². The van der Waals surface area contributed by atoms with Crippen LogP contribution in [0.5, 0.6) is 0 Å². The van der Waals surface area contributed by atoms with Crippen molar-refractivity contribution in [1.82, 2.24) is 0 Å². The highest BCUT2D eigenvalue weighted by atomic mass is 32.1. The van der Waals surface area contributed by atoms with Crippen molar-refractivity contribution >= 4 is 191 Å². The molecule has 129 heavy (non-hydrogen) atoms. The Kier molecular flexibility index (Phi) is 13.5. The molecule has 0 aliphatic carbocycles. The summed E-state index contributed by atoms with van der Waals surface area (Å²) in [6.45, 7) is 0. The van der Waals surface area contributed by atoms with Gasteiger partial charge in [0, 0.05) is 60.5 Å². The van der Waals surface area contributed by atoms with Crippen LogP contribution in [-0.4, -0.2) is 0 Å². The van der Waals surface area contributed by atoms with E-state index in [1.54, 1.807) is 34.0 Å². The minimum atomic E-state index is -0.413. The van der Waals surface area contributed by atoms with Gasteiger partial charge in [-0.25, -0.2) is 0 Å². The van der Waals surface area contributed by atoms with Crippen molar-refractivity contribution in [3.05, 3.63) is 473 Å². The number of thiophene rings is 3. The van der Waals surface area contributed by atoms with E-state index in [0.717, 1.165) is 126 Å². The average Bonchev–Trinajstić information content (AvgIpc) is 1.46. The zero-order valence-electron chi connectivity index (χ0n) is 92.4. The van der Waals surface area contributed by atoms with Gasteiger partial charge in [0.2, 0.25) is 0 Å². The normalized spacial score (nSPS) is 14.3. The molecule has 0 fully saturated rings. The molecule has 3 aromatic heterocycles. The van der Waals surface area contributed by atoms with Crippen LogP contribution < -0.4 is 0 Å². The highest BCUT2D eigenvalue weighted by Gasteiger charge is 2.26. The second-order valence-electron chi connectivity index (χ2n) is 31.9. The fraction of sp³-hybridized carbons (Fsp3) is 0. The molecule has 0 saturated heterocycles. The standard InChI is InChI=1S/3C42H26S/c1-2-12-28-25-30(24-23-27(28)11-1)29-13-9-14-31(26-29)40-32-15-3-5-17-34(32)41(35-18-6-4-16-33(35)40)37-20-10-22-39-42(37)36-19-7-8-21-38(36)43-39;1-2-11-27(12-3-1)28-21-22-30-26-31(24-23-29(30)25-28)40-32-13-4-6-15-34(32)41(35-16-7-5-14-33(35)40)37-18-10-20-39-42(37)36-17-8-9-19-38(36)43-39;1-2-13-27(14-3-1)28-25-26-35(30-16-5-4-15-29(28)30)40-31-17-6-8-19-33(31)41(34-20-9-7-18-32(34)40)37-22-12-24-39-42(37)36-21-10-11-23-38(36)43-39/h3*1-26H/i3D,4D,5D,6D,15D,16D,17D,18D;4D,5D,6D,7D,13D,14D,15D,16D;6D,7D,8D,9D,17D,18D,19D,20D. The third-order valence-corrected chi connectivity index (χ3v) is 28.3. The predicted molar refractivity (Wildman–Crippen MR) is 564 cm³/mol. The van der Waals surface area contributed by atoms with E-state index in [4.69, 9.17) is 16.4 Å². The van der Waals surface area contributed by atoms with Crippen molar-refractivity contribution in [2.24, 2.45) is 0 Å². The average molecular weight is 1710 g/mol. The fourth-order valence-corrected chi connectivity index (χ4v) is 22.7. The third-order valence-electron chi connectivity index (χ3n) is 24.9. The minimum absolute atomic E-state index is 0.209. The predicted octanol–water partition coefficient (Wildman–Crippen LogP) is 37.5. The Bertz CT molecular complexity index is 10500. The summed E-state index contributed by atoms with van der Waals surface area (Å²) in [5, 5.41) is 13.8. The second-order valence-corrected chi connectivity index (χ2v) is 35.2. The molecule has 0 aliphatic rings. The Labute approximate surface area is 792 Å². The Morgan fingerprint density at radius 3 is 0.814 bits per heavy atom. The molecular weight excluding hydrogens is 1610 g/mol. The lowest BCUT2D eigenvalue weighted by Crippen LogP contribution is -1.92. The Balaban J connectivity index is 0.000000118. The lowest BCUT2D eigenvalue weighted by atomic mass is 9.83. The number of benzene rings is 24. The Hall–Kier alpha value is -15.7. The van der Waals surface area contributed by atoms with Crippen molar-refractivity contribution in [2.75, 3.05) is 0 Å². The van der Waals surface area contributed by atoms with Crippen molar-refractivity contribution < 1.29 is 32.9 Å². The first kappa shape index (κ1) is 54.9. The molecule has 0 radical (unpaired) electrons. The van der Waals surface area contributed by atoms with Gasteiger partial charge < -0.3 is 0 Å². The van der Waals surface area contributed by atoms with Crippen LogP contribution in [0.2, 0.25) is 0 Å². The zero-order chi connectivity index (χ0) is 106. The van der Waals surface area contributed by atoms with E-state index in [1.807, 2.05) is 291 Å². The maximum Gasteiger partial charge on any atom is 0.0629 e. The summed E-state index contributed by atoms with van der Waals surface area (Å²) in [5.74, 6) is 0. The van der Waals surface area contributed by atoms with Crippen LogP contribution in [0.1, 0.15) is 32.9 Å². The van der Waals surface area contributed by atoms with E-state index in [9.17, 15) is 16.4 Å². The zero-order valence-corrected chi connectivity index (χ0v) is 70.9. The van der Waals surface area contributed by atoms with Gasteiger partial charge in [0.15, 0.2) is 0 Å². The highest BCUT2D eigenvalue weighted by Crippen LogP contribution is 2.54. The molecule has 0 atom stereocenters. The lowest BCUT2D eigenvalue weighted by molar-refractivity contribution is 1.63. The van der Waals surface area contributed by atoms with E-state index < -0.39 is 72.5 Å². The van der Waals surface area contributed by atoms with Crippen LogP contribution in [0, 0.1) is 0 Å². The lowest BCUT2D eigenvalue weighted by Gasteiger charge is -2.20. The van der Waals surface area contributed by atoms with Crippen molar-refractivity contribution in [3.8, 4) is 100 Å². The molecule has 0 aliphatic heterocycles. The summed E-state index contributed by atoms with van der Waals surface area (Å²) in [5.41, 5.74) is 11.8. The van der Waals surface area contributed by atoms with Gasteiger partial charge in [-0.1, -0.05) is 412 Å². The van der Waals surface area contributed by atoms with E-state index in [2.05, 4.69) is 36.4 Å². The summed E-state index contributed by atoms with van der Waals surface area (Å²) in [6.07, 6.45) is 0. The largest absolute Gasteiger partial charge is 0.135 e. The number of hydrogen-bond acceptors (Lipinski definition) is 3. The monoisotopic (exact) mass is 1710 g/mol. The molecule has 0 N–H and O–H groups in total. The first-order valence-electron chi connectivity index (χ1n) is 54.4. The number of rotatable bonds is 9. The summed E-state index contributed by atoms with van der Waals surface area (Å²) in [7, 11) is 0. The third kappa shape index (κ3) is 12.9. The Morgan fingerprint density at radius 1 is 0.140 bits per heavy atom. The molecule has 0 spiro atoms. The first-order chi connectivity index (χ1) is 74.0. The van der Waals surface area contributed by atoms with Crippen LogP contribution in [-0.2, 0) is 0 Å². The first-order valence-corrected chi connectivity index (χ1v) is 44.8. The van der Waals surface area contributed by atoms with Crippen LogP contribution in [0.4, 0.5) is 0 Å². The molecule has 0 amide bonds. The second kappa shape index (κ2) is 31.7. The van der Waals surface area contributed by atoms with Crippen LogP contribution in [0.25, 0.3) is 258 Å². The number of fused-ring (bicyclic) bond motifs is 18. The summed E-state index contributed by atoms with van der Waals surface area (Å²) in [4.78, 5) is 0. The van der Waals surface area contributed by atoms with Crippen molar-refractivity contribution in [2.45, 2.75) is 0 Å². The van der Waals surface area contributed by atoms with Gasteiger partial charge in [0.05, 0.1) is 32.9 Å². The minimum Gasteiger partial charge on any atom is -0.135 e. The molecule has 600 valence electrons. The summed E-state index contributed by atoms with van der Waals surface area (Å²) in [6, 6.07) is 98.7. The van der Waals surface area contributed by atoms with E-state index in [1.165, 1.54) is 0 Å². The van der Waals surface area contributed by atoms with Gasteiger partial charge in [-0.2, -0.15) is 0 Å². The maximum atomic E-state index is 9.44. The molecule has 0 bridgehead atoms. The molecule has 0 unspecified atom stereocenters. The van der Waals surface area contributed by atoms with Gasteiger partial charge in [0.1, 0.15) is 0 Å². The maximum absolute atomic E-state index is 9.44. The smallest absolute Gasteiger partial charge is 0.0629 e. The summed E-state index contributed by atoms with van der Waals surface area (Å²) >= 11 is 4.82. The topological polar surface area (TPSA) is 0 Å². The summed E-state index contributed by atoms with van der Waals surface area (Å²) < 4.78 is 224. The fourth-order valence-electron chi connectivity index (χ4n) is 19.3. The number of hydrogen-bond donors (Lipinski definition) is 0. The molecular formula is C126H78S3. The quantitative estimate of drug-likeness (QED) is 0.126. The molecule has 27 aromatic rings. The van der Waals surface area contributed by atoms with Gasteiger partial charge in [-0.05, 0) is 258 Å². The van der Waals surface area contributed by atoms with Gasteiger partial charge in [0.25, 0.3) is 0 Å². The van der Waals surface area contributed by atoms with Crippen LogP contribution in [0.3, 0.4) is 0 Å². The van der Waals surface area contributed by atoms with Gasteiger partial charge >= 0.3 is 0 Å². The van der Waals surface area contributed by atoms with E-state index in [-0.39, 0.29) is 137 Å². The molecule has 0 nitrogen and oxygen atoms in total. The SMILES string of the molecule is [2H]c1c([2H])c([2H])c2c(-c3cccc4sc5ccccc5c34)c3c([2H])c([2H])c([2H])c([2H])c3c(-c3ccc(-c4ccccc4)c4ccccc34)c2c1[2H].[2H]c1c([2H])c([2H])c2c(-c3cccc4sc5ccccc5c34)c3c([2H])c([2H])c([2H])c([2H])c3c(-c3ccc4cc(-c5ccccc5)ccc4c3)c2c1[2H].[2H]c1c([2H])c([2H])c2c(-c3cccc4sc5ccccc5c34)c3c([2H])c([2H])c([2H])c([2H])c3c(-c3cccc(-c4ccc5ccccc5c4)c3)c2c1[2H]. The van der Waals surface area contributed by atoms with Crippen LogP contribution >= 0.6 is 34.0 Å². The van der Waals surface area contributed by atoms with Gasteiger partial charge in [-0.15, -0.1) is 34.0 Å². The van der Waals surface area contributed by atoms with E-state index >= 15 is 0 Å². The van der Waals surface area contributed by atoms with Crippen molar-refractivity contribution in [3.63, 3.8) is 0 Å². The highest BCUT2D eigenvalue weighted by molar-refractivity contribution is 7.26. The molecule has 24 aromatic carbocycles. The Morgan fingerprint density at radius 2 is 0.395 bits per heavy atom. The molecule has 3 heterocycles. The molecule has 3 heteroatoms. The molecule has 27 rings (SSSR count). The molecule has 0 saturated carbocycles. The van der Waals surface area contributed by atoms with Gasteiger partial charge in [-0.3, -0.25) is 0 Å². The van der Waals surface area contributed by atoms with Crippen molar-refractivity contribution in [1.29, 1.82) is 0 Å².